The summed E-state index contributed by atoms with van der Waals surface area (Å²) < 4.78 is 0.978. The van der Waals surface area contributed by atoms with Crippen molar-refractivity contribution in [2.24, 2.45) is 0 Å². The van der Waals surface area contributed by atoms with Crippen LogP contribution in [-0.2, 0) is 0 Å². The molecule has 0 radical (unpaired) electrons. The Kier molecular flexibility index (Phi) is 4.22. The number of hydrogen-bond donors (Lipinski definition) is 3. The lowest BCUT2D eigenvalue weighted by atomic mass is 10.1. The van der Waals surface area contributed by atoms with Crippen LogP contribution >= 0.6 is 11.3 Å². The van der Waals surface area contributed by atoms with Crippen molar-refractivity contribution >= 4 is 32.5 Å². The number of aromatic nitrogens is 1. The second kappa shape index (κ2) is 6.29. The molecule has 0 unspecified atom stereocenters. The van der Waals surface area contributed by atoms with E-state index in [0.29, 0.717) is 24.3 Å². The molecular formula is C16H17N3O2S. The van der Waals surface area contributed by atoms with E-state index in [1.54, 1.807) is 19.1 Å². The highest BCUT2D eigenvalue weighted by atomic mass is 32.1. The highest BCUT2D eigenvalue weighted by molar-refractivity contribution is 7.22. The summed E-state index contributed by atoms with van der Waals surface area (Å²) in [5.74, 6) is 0.481. The van der Waals surface area contributed by atoms with E-state index in [9.17, 15) is 9.90 Å². The summed E-state index contributed by atoms with van der Waals surface area (Å²) in [6, 6.07) is 5.52. The van der Waals surface area contributed by atoms with Gasteiger partial charge in [0.15, 0.2) is 10.9 Å². The van der Waals surface area contributed by atoms with Gasteiger partial charge in [-0.25, -0.2) is 10.4 Å². The number of aliphatic hydroxyl groups is 1. The van der Waals surface area contributed by atoms with Crippen molar-refractivity contribution in [3.8, 4) is 0 Å². The molecule has 114 valence electrons. The number of thiazole rings is 1. The molecule has 0 saturated carbocycles. The summed E-state index contributed by atoms with van der Waals surface area (Å²) >= 11 is 1.49. The topological polar surface area (TPSA) is 74.2 Å². The van der Waals surface area contributed by atoms with E-state index in [-0.39, 0.29) is 5.78 Å². The summed E-state index contributed by atoms with van der Waals surface area (Å²) in [6.45, 7) is 2.17. The fourth-order valence-electron chi connectivity index (χ4n) is 2.29. The van der Waals surface area contributed by atoms with E-state index < -0.39 is 0 Å². The number of allylic oxidation sites excluding steroid dienone is 2. The smallest absolute Gasteiger partial charge is 0.198 e. The number of aliphatic hydroxyl groups excluding tert-OH is 1. The molecule has 0 spiro atoms. The number of nitrogens with one attached hydrogen (secondary N) is 2. The van der Waals surface area contributed by atoms with Crippen LogP contribution < -0.4 is 10.9 Å². The maximum atomic E-state index is 11.4. The molecule has 0 aliphatic heterocycles. The number of rotatable bonds is 5. The lowest BCUT2D eigenvalue weighted by Crippen LogP contribution is -2.24. The molecule has 1 aromatic carbocycles. The van der Waals surface area contributed by atoms with Crippen LogP contribution in [0.2, 0.25) is 0 Å². The Morgan fingerprint density at radius 2 is 2.32 bits per heavy atom. The van der Waals surface area contributed by atoms with Gasteiger partial charge in [0.2, 0.25) is 0 Å². The summed E-state index contributed by atoms with van der Waals surface area (Å²) in [5.41, 5.74) is 8.78. The Bertz CT molecular complexity index is 777. The van der Waals surface area contributed by atoms with Crippen molar-refractivity contribution in [1.82, 2.24) is 10.4 Å². The zero-order valence-corrected chi connectivity index (χ0v) is 13.0. The number of hydrogen-bond acceptors (Lipinski definition) is 6. The second-order valence-electron chi connectivity index (χ2n) is 5.19. The molecule has 3 rings (SSSR count). The van der Waals surface area contributed by atoms with Gasteiger partial charge in [-0.2, -0.15) is 0 Å². The summed E-state index contributed by atoms with van der Waals surface area (Å²) in [6.07, 6.45) is 5.48. The average Bonchev–Trinajstić information content (AvgIpc) is 2.89. The first-order valence-electron chi connectivity index (χ1n) is 7.11. The molecule has 1 aliphatic carbocycles. The number of Topliss-reactive ketones (excluding diaryl/α,β-unsaturated/α-hetero) is 1. The number of hydrazine groups is 1. The third-order valence-corrected chi connectivity index (χ3v) is 4.38. The lowest BCUT2D eigenvalue weighted by molar-refractivity contribution is 0.101. The van der Waals surface area contributed by atoms with Crippen LogP contribution in [0.1, 0.15) is 30.1 Å². The molecule has 3 N–H and O–H groups in total. The van der Waals surface area contributed by atoms with Gasteiger partial charge in [-0.1, -0.05) is 17.4 Å². The Labute approximate surface area is 132 Å². The summed E-state index contributed by atoms with van der Waals surface area (Å²) in [4.78, 5) is 15.9. The van der Waals surface area contributed by atoms with E-state index >= 15 is 0 Å². The van der Waals surface area contributed by atoms with Crippen molar-refractivity contribution in [3.63, 3.8) is 0 Å². The predicted octanol–water partition coefficient (Wildman–Crippen LogP) is 3.58. The minimum atomic E-state index is 0.0544. The van der Waals surface area contributed by atoms with Crippen LogP contribution in [-0.4, -0.2) is 22.4 Å². The normalized spacial score (nSPS) is 14.6. The van der Waals surface area contributed by atoms with Gasteiger partial charge >= 0.3 is 0 Å². The van der Waals surface area contributed by atoms with Gasteiger partial charge in [-0.05, 0) is 43.2 Å². The van der Waals surface area contributed by atoms with Gasteiger partial charge in [0, 0.05) is 18.5 Å². The maximum Gasteiger partial charge on any atom is 0.198 e. The third kappa shape index (κ3) is 3.35. The minimum absolute atomic E-state index is 0.0544. The Hall–Kier alpha value is -2.18. The first-order chi connectivity index (χ1) is 10.6. The zero-order valence-electron chi connectivity index (χ0n) is 12.2. The molecule has 0 atom stereocenters. The number of carbonyl (C=O) groups is 1. The van der Waals surface area contributed by atoms with Crippen LogP contribution in [0.3, 0.4) is 0 Å². The molecule has 1 aliphatic rings. The highest BCUT2D eigenvalue weighted by Crippen LogP contribution is 2.26. The van der Waals surface area contributed by atoms with E-state index in [1.165, 1.54) is 11.3 Å². The Balaban J connectivity index is 1.64. The lowest BCUT2D eigenvalue weighted by Gasteiger charge is -2.10. The van der Waals surface area contributed by atoms with E-state index in [1.807, 2.05) is 12.1 Å². The number of fused-ring (bicyclic) bond motifs is 1. The maximum absolute atomic E-state index is 11.4. The first kappa shape index (κ1) is 14.7. The van der Waals surface area contributed by atoms with Crippen molar-refractivity contribution in [1.29, 1.82) is 0 Å². The van der Waals surface area contributed by atoms with Gasteiger partial charge in [0.05, 0.1) is 16.0 Å². The molecule has 0 amide bonds. The van der Waals surface area contributed by atoms with E-state index in [4.69, 9.17) is 0 Å². The number of benzene rings is 1. The van der Waals surface area contributed by atoms with Gasteiger partial charge in [0.1, 0.15) is 0 Å². The quantitative estimate of drug-likeness (QED) is 0.581. The fourth-order valence-corrected chi connectivity index (χ4v) is 3.17. The standard InChI is InChI=1S/C16H17N3O2S/c1-10(20)12-5-6-14-15(8-12)22-16(18-14)19-17-9-11-3-2-4-13(21)7-11/h3,5-8,17,21H,2,4,9H2,1H3,(H,18,19). The van der Waals surface area contributed by atoms with Crippen LogP contribution in [0.5, 0.6) is 0 Å². The summed E-state index contributed by atoms with van der Waals surface area (Å²) in [7, 11) is 0. The van der Waals surface area contributed by atoms with Crippen molar-refractivity contribution in [2.45, 2.75) is 19.8 Å². The second-order valence-corrected chi connectivity index (χ2v) is 6.22. The van der Waals surface area contributed by atoms with E-state index in [0.717, 1.165) is 27.3 Å². The number of nitrogens with zero attached hydrogens (tertiary/aromatic N) is 1. The van der Waals surface area contributed by atoms with Crippen LogP contribution in [0.25, 0.3) is 10.2 Å². The van der Waals surface area contributed by atoms with Gasteiger partial charge < -0.3 is 5.11 Å². The molecule has 0 saturated heterocycles. The molecule has 6 heteroatoms. The Morgan fingerprint density at radius 3 is 3.09 bits per heavy atom. The SMILES string of the molecule is CC(=O)c1ccc2nc(NNCC3=CCCC(O)=C3)sc2c1. The first-order valence-corrected chi connectivity index (χ1v) is 7.92. The van der Waals surface area contributed by atoms with Crippen LogP contribution in [0, 0.1) is 0 Å². The molecular weight excluding hydrogens is 298 g/mol. The van der Waals surface area contributed by atoms with Gasteiger partial charge in [-0.3, -0.25) is 10.2 Å². The van der Waals surface area contributed by atoms with Crippen molar-refractivity contribution in [3.05, 3.63) is 47.2 Å². The number of anilines is 1. The molecule has 2 aromatic rings. The Morgan fingerprint density at radius 1 is 1.45 bits per heavy atom. The minimum Gasteiger partial charge on any atom is -0.512 e. The molecule has 1 aromatic heterocycles. The molecule has 0 bridgehead atoms. The van der Waals surface area contributed by atoms with E-state index in [2.05, 4.69) is 21.9 Å². The van der Waals surface area contributed by atoms with Gasteiger partial charge in [0.25, 0.3) is 0 Å². The zero-order chi connectivity index (χ0) is 15.5. The summed E-state index contributed by atoms with van der Waals surface area (Å²) in [5, 5.41) is 10.2. The molecule has 5 nitrogen and oxygen atoms in total. The van der Waals surface area contributed by atoms with Crippen molar-refractivity contribution in [2.75, 3.05) is 12.0 Å². The third-order valence-electron chi connectivity index (χ3n) is 3.44. The predicted molar refractivity (Wildman–Crippen MR) is 89.3 cm³/mol. The highest BCUT2D eigenvalue weighted by Gasteiger charge is 2.07. The number of carbonyl (C=O) groups excluding carboxylic acids is 1. The fraction of sp³-hybridized carbons (Fsp3) is 0.250. The molecule has 1 heterocycles. The van der Waals surface area contributed by atoms with Crippen LogP contribution in [0.4, 0.5) is 5.13 Å². The van der Waals surface area contributed by atoms with Crippen molar-refractivity contribution < 1.29 is 9.90 Å². The van der Waals surface area contributed by atoms with Crippen LogP contribution in [0.15, 0.2) is 41.7 Å². The van der Waals surface area contributed by atoms with Gasteiger partial charge in [-0.15, -0.1) is 0 Å². The molecule has 22 heavy (non-hydrogen) atoms. The largest absolute Gasteiger partial charge is 0.512 e. The average molecular weight is 315 g/mol. The number of ketones is 1. The molecule has 0 fully saturated rings. The monoisotopic (exact) mass is 315 g/mol.